The summed E-state index contributed by atoms with van der Waals surface area (Å²) >= 11 is 0. The normalized spacial score (nSPS) is 22.0. The molecule has 45 heteroatoms. The minimum atomic E-state index is -1.80. The number of primary amides is 1. The van der Waals surface area contributed by atoms with Gasteiger partial charge in [-0.1, -0.05) is 58.0 Å². The number of aromatic nitrogens is 2. The SMILES string of the molecule is C[C@H](N)C(=O)NC1CSSC[C@@H](C(=O)N[C@@H](Cc2ccc(O)cc2)C(=O)N[C@@H](CCC(N)=O)C(=O)N[C@@H](CCCCN)C(=O)N2CCC[C@H]2C(=O)N2CCC[C@H]2C(=O)N[C@@H](Cc2ccc(O)cc2)C(=O)N[C@@H](Cc2c[nH]cn2)C(=O)O)NC(=O)[C@H](Cc2ccc(O)cc2)NC(=O)C(CCCNC(=N)N)NC(=O)[C@@H]2CCCN2C(=O)[C@H](C)NC(=O)[C@H](CO)NC1=O. The molecule has 680 valence electrons. The number of carboxylic acids is 1. The van der Waals surface area contributed by atoms with Crippen LogP contribution in [0.3, 0.4) is 0 Å². The van der Waals surface area contributed by atoms with Crippen LogP contribution < -0.4 is 86.7 Å². The number of hydrogen-bond donors (Lipinski definition) is 23. The molecule has 125 heavy (non-hydrogen) atoms. The zero-order valence-electron chi connectivity index (χ0n) is 69.1. The number of carbonyl (C=O) groups is 16. The van der Waals surface area contributed by atoms with E-state index in [9.17, 15) is 73.5 Å². The maximum atomic E-state index is 15.5. The van der Waals surface area contributed by atoms with Gasteiger partial charge < -0.3 is 132 Å². The molecule has 0 saturated carbocycles. The Kier molecular flexibility index (Phi) is 37.7. The molecule has 4 fully saturated rings. The second kappa shape index (κ2) is 48.1. The number of H-pyrrole nitrogens is 1. The third-order valence-electron chi connectivity index (χ3n) is 21.4. The molecule has 0 bridgehead atoms. The van der Waals surface area contributed by atoms with Crippen molar-refractivity contribution in [3.63, 3.8) is 0 Å². The number of hydrogen-bond acceptors (Lipinski definition) is 26. The number of likely N-dealkylation sites (tertiary alicyclic amines) is 2. The fourth-order valence-corrected chi connectivity index (χ4v) is 16.9. The van der Waals surface area contributed by atoms with Crippen molar-refractivity contribution in [3.05, 3.63) is 108 Å². The minimum absolute atomic E-state index is 0.00889. The van der Waals surface area contributed by atoms with Crippen LogP contribution in [0, 0.1) is 5.41 Å². The molecule has 1 aromatic heterocycles. The number of aliphatic hydroxyl groups excluding tert-OH is 1. The van der Waals surface area contributed by atoms with Crippen molar-refractivity contribution in [2.75, 3.05) is 50.8 Å². The Hall–Kier alpha value is -12.4. The largest absolute Gasteiger partial charge is 0.508 e. The number of unbranched alkanes of at least 4 members (excludes halogenated alkanes) is 1. The Balaban J connectivity index is 1.09. The number of guanidine groups is 1. The van der Waals surface area contributed by atoms with E-state index in [-0.39, 0.29) is 133 Å². The number of carboxylic acid groups (broad SMARTS) is 1. The quantitative estimate of drug-likeness (QED) is 0.00885. The van der Waals surface area contributed by atoms with E-state index < -0.39 is 229 Å². The summed E-state index contributed by atoms with van der Waals surface area (Å²) in [5, 5.41) is 90.2. The van der Waals surface area contributed by atoms with E-state index in [1.165, 1.54) is 114 Å². The van der Waals surface area contributed by atoms with E-state index in [2.05, 4.69) is 73.8 Å². The number of carbonyl (C=O) groups excluding carboxylic acids is 15. The summed E-state index contributed by atoms with van der Waals surface area (Å²) in [5.74, 6) is -17.1. The van der Waals surface area contributed by atoms with Gasteiger partial charge in [-0.3, -0.25) is 77.3 Å². The van der Waals surface area contributed by atoms with Gasteiger partial charge in [0.1, 0.15) is 102 Å². The van der Waals surface area contributed by atoms with Crippen LogP contribution in [0.15, 0.2) is 85.3 Å². The summed E-state index contributed by atoms with van der Waals surface area (Å²) in [5.41, 5.74) is 24.5. The fourth-order valence-electron chi connectivity index (χ4n) is 14.6. The van der Waals surface area contributed by atoms with E-state index in [4.69, 9.17) is 28.3 Å². The van der Waals surface area contributed by atoms with Crippen molar-refractivity contribution in [1.29, 1.82) is 5.41 Å². The lowest BCUT2D eigenvalue weighted by atomic mass is 10.0. The maximum absolute atomic E-state index is 15.5. The lowest BCUT2D eigenvalue weighted by Crippen LogP contribution is -2.61. The second-order valence-corrected chi connectivity index (χ2v) is 33.5. The highest BCUT2D eigenvalue weighted by Crippen LogP contribution is 2.29. The summed E-state index contributed by atoms with van der Waals surface area (Å²) in [7, 11) is 1.64. The number of nitrogens with one attached hydrogen (secondary N) is 14. The zero-order chi connectivity index (χ0) is 91.1. The second-order valence-electron chi connectivity index (χ2n) is 30.9. The number of aromatic hydroxyl groups is 3. The molecule has 0 spiro atoms. The average molecular weight is 1780 g/mol. The molecule has 5 heterocycles. The van der Waals surface area contributed by atoms with Gasteiger partial charge in [0.2, 0.25) is 88.6 Å². The lowest BCUT2D eigenvalue weighted by Gasteiger charge is -2.34. The van der Waals surface area contributed by atoms with E-state index >= 15 is 28.8 Å². The van der Waals surface area contributed by atoms with Crippen LogP contribution >= 0.6 is 21.6 Å². The van der Waals surface area contributed by atoms with Crippen molar-refractivity contribution in [3.8, 4) is 17.2 Å². The number of aliphatic hydroxyl groups is 1. The average Bonchev–Trinajstić information content (AvgIpc) is 1.67. The molecule has 15 atom stereocenters. The van der Waals surface area contributed by atoms with Gasteiger partial charge in [-0.2, -0.15) is 0 Å². The van der Waals surface area contributed by atoms with Crippen LogP contribution in [0.2, 0.25) is 0 Å². The molecule has 4 aliphatic rings. The Morgan fingerprint density at radius 2 is 1.13 bits per heavy atom. The van der Waals surface area contributed by atoms with Crippen LogP contribution in [0.1, 0.15) is 120 Å². The van der Waals surface area contributed by atoms with E-state index in [0.29, 0.717) is 29.7 Å². The number of aliphatic carboxylic acids is 1. The van der Waals surface area contributed by atoms with E-state index in [1.54, 1.807) is 0 Å². The van der Waals surface area contributed by atoms with Gasteiger partial charge in [-0.25, -0.2) is 9.78 Å². The molecule has 0 aliphatic carbocycles. The molecule has 4 aliphatic heterocycles. The molecule has 15 amide bonds. The lowest BCUT2D eigenvalue weighted by molar-refractivity contribution is -0.148. The number of benzene rings is 3. The molecule has 3 aromatic carbocycles. The minimum Gasteiger partial charge on any atom is -0.508 e. The molecule has 43 nitrogen and oxygen atoms in total. The molecule has 4 aromatic rings. The first-order valence-corrected chi connectivity index (χ1v) is 43.6. The topological polar surface area (TPSA) is 685 Å². The summed E-state index contributed by atoms with van der Waals surface area (Å²) in [6.07, 6.45) is 1.95. The molecule has 0 radical (unpaired) electrons. The number of phenolic OH excluding ortho intramolecular Hbond substituents is 3. The number of aromatic amines is 1. The molecule has 8 rings (SSSR count). The van der Waals surface area contributed by atoms with Crippen LogP contribution in [0.25, 0.3) is 0 Å². The molecular formula is C80H112N22O21S2. The highest BCUT2D eigenvalue weighted by molar-refractivity contribution is 8.76. The number of imidazole rings is 1. The van der Waals surface area contributed by atoms with Crippen molar-refractivity contribution >= 4 is 122 Å². The van der Waals surface area contributed by atoms with Crippen LogP contribution in [-0.2, 0) is 102 Å². The van der Waals surface area contributed by atoms with Crippen molar-refractivity contribution in [2.24, 2.45) is 22.9 Å². The third-order valence-corrected chi connectivity index (χ3v) is 23.8. The molecular weight excluding hydrogens is 1670 g/mol. The smallest absolute Gasteiger partial charge is 0.326 e. The number of phenols is 3. The van der Waals surface area contributed by atoms with Gasteiger partial charge in [0.15, 0.2) is 5.96 Å². The van der Waals surface area contributed by atoms with Gasteiger partial charge >= 0.3 is 5.97 Å². The standard InChI is InChI=1S/C80H112N22O21S2/c1-42(82)65(108)98-59-39-124-125-40-60(99-70(113)55(34-45-16-22-49(105)23-17-45)93-66(109)51(10-5-29-87-80(84)85)91-74(117)61-11-6-30-100(61)76(119)43(2)89-71(114)58(38-103)97-73(59)116)72(115)94-54(33-44-14-20-48(104)21-15-44)68(111)90-52(26-27-64(83)107)67(110)92-53(9-3-4-28-81)77(120)102-32-8-13-63(102)78(121)101-31-7-12-62(101)75(118)95-56(35-46-18-24-50(106)25-19-46)69(112)96-57(79(122)123)36-47-37-86-41-88-47/h14-25,37,41-43,51-63,103-106H,3-13,26-36,38-40,81-82H2,1-2H3,(H2,83,107)(H,86,88)(H,89,114)(H,90,111)(H,91,117)(H,92,110)(H,93,109)(H,94,115)(H,95,118)(H,96,112)(H,97,116)(H,98,108)(H,99,113)(H,122,123)(H4,84,85,87)/t42-,43-,51?,52-,53-,54-,55-,56-,57-,58-,59?,60-,61-,62-,63-/m0/s1. The zero-order valence-corrected chi connectivity index (χ0v) is 70.7. The predicted octanol–water partition coefficient (Wildman–Crippen LogP) is -5.40. The summed E-state index contributed by atoms with van der Waals surface area (Å²) in [4.78, 5) is 241. The molecule has 2 unspecified atom stereocenters. The first kappa shape index (κ1) is 98.1. The van der Waals surface area contributed by atoms with Gasteiger partial charge in [0, 0.05) is 76.0 Å². The Morgan fingerprint density at radius 3 is 1.71 bits per heavy atom. The summed E-state index contributed by atoms with van der Waals surface area (Å²) < 4.78 is 0. The number of nitrogens with two attached hydrogens (primary N) is 4. The molecule has 27 N–H and O–H groups in total. The third kappa shape index (κ3) is 29.7. The Morgan fingerprint density at radius 1 is 0.584 bits per heavy atom. The maximum Gasteiger partial charge on any atom is 0.326 e. The number of nitrogens with zero attached hydrogens (tertiary/aromatic N) is 4. The predicted molar refractivity (Wildman–Crippen MR) is 453 cm³/mol. The van der Waals surface area contributed by atoms with Gasteiger partial charge in [0.05, 0.1) is 24.7 Å². The Bertz CT molecular complexity index is 4460. The van der Waals surface area contributed by atoms with Gasteiger partial charge in [0.25, 0.3) is 0 Å². The Labute approximate surface area is 727 Å². The number of rotatable bonds is 35. The highest BCUT2D eigenvalue weighted by atomic mass is 33.1. The highest BCUT2D eigenvalue weighted by Gasteiger charge is 2.46. The van der Waals surface area contributed by atoms with Crippen molar-refractivity contribution in [1.82, 2.24) is 88.5 Å². The first-order valence-electron chi connectivity index (χ1n) is 41.1. The van der Waals surface area contributed by atoms with Gasteiger partial charge in [-0.05, 0) is 151 Å². The summed E-state index contributed by atoms with van der Waals surface area (Å²) in [6.45, 7) is 1.77. The summed E-state index contributed by atoms with van der Waals surface area (Å²) in [6, 6.07) is -5.93. The molecule has 4 saturated heterocycles. The van der Waals surface area contributed by atoms with E-state index in [1.807, 2.05) is 0 Å². The van der Waals surface area contributed by atoms with Gasteiger partial charge in [-0.15, -0.1) is 0 Å². The number of amides is 15. The van der Waals surface area contributed by atoms with Crippen molar-refractivity contribution < 1.29 is 102 Å². The van der Waals surface area contributed by atoms with E-state index in [0.717, 1.165) is 21.6 Å². The van der Waals surface area contributed by atoms with Crippen LogP contribution in [0.5, 0.6) is 17.2 Å². The first-order chi connectivity index (χ1) is 59.6. The van der Waals surface area contributed by atoms with Crippen LogP contribution in [0.4, 0.5) is 0 Å². The van der Waals surface area contributed by atoms with Crippen molar-refractivity contribution in [2.45, 2.75) is 214 Å². The monoisotopic (exact) mass is 1780 g/mol. The number of fused-ring (bicyclic) bond motifs is 1. The fraction of sp³-hybridized carbons (Fsp3) is 0.525. The van der Waals surface area contributed by atoms with Crippen LogP contribution in [-0.4, -0.2) is 292 Å².